The molecule has 0 saturated heterocycles. The largest absolute Gasteiger partial charge is 0.438 e. The van der Waals surface area contributed by atoms with Crippen LogP contribution in [0.4, 0.5) is 0 Å². The van der Waals surface area contributed by atoms with E-state index < -0.39 is 0 Å². The first kappa shape index (κ1) is 16.5. The Balaban J connectivity index is 1.66. The average molecular weight is 376 g/mol. The molecule has 1 aliphatic carbocycles. The fourth-order valence-corrected chi connectivity index (χ4v) is 4.79. The lowest BCUT2D eigenvalue weighted by Crippen LogP contribution is -2.14. The van der Waals surface area contributed by atoms with Gasteiger partial charge in [0.1, 0.15) is 11.4 Å². The van der Waals surface area contributed by atoms with Gasteiger partial charge in [-0.2, -0.15) is 4.98 Å². The Morgan fingerprint density at radius 2 is 1.55 bits per heavy atom. The van der Waals surface area contributed by atoms with Gasteiger partial charge in [0, 0.05) is 16.4 Å². The van der Waals surface area contributed by atoms with Crippen molar-refractivity contribution in [1.82, 2.24) is 9.97 Å². The molecule has 0 fully saturated rings. The van der Waals surface area contributed by atoms with Crippen molar-refractivity contribution in [3.05, 3.63) is 83.7 Å². The standard InChI is InChI=1S/C26H20N2O/c1-15-27-24(23-19-9-5-7-11-22(19)29-25(23)28-15)16-12-13-18-17-8-4-6-10-20(17)26(2,3)21(18)14-16/h4-14H,1-3H3. The number of para-hydroxylation sites is 1. The summed E-state index contributed by atoms with van der Waals surface area (Å²) in [4.78, 5) is 9.40. The molecule has 2 aromatic heterocycles. The van der Waals surface area contributed by atoms with E-state index >= 15 is 0 Å². The summed E-state index contributed by atoms with van der Waals surface area (Å²) in [6.45, 7) is 6.52. The lowest BCUT2D eigenvalue weighted by molar-refractivity contribution is 0.651. The predicted octanol–water partition coefficient (Wildman–Crippen LogP) is 6.66. The zero-order valence-corrected chi connectivity index (χ0v) is 16.7. The molecule has 6 rings (SSSR count). The van der Waals surface area contributed by atoms with E-state index in [1.807, 2.05) is 25.1 Å². The zero-order chi connectivity index (χ0) is 19.8. The molecule has 3 heteroatoms. The first-order chi connectivity index (χ1) is 14.0. The SMILES string of the molecule is Cc1nc(-c2ccc3c(c2)C(C)(C)c2ccccc2-3)c2c(n1)oc1ccccc12. The van der Waals surface area contributed by atoms with Crippen LogP contribution in [0, 0.1) is 6.92 Å². The van der Waals surface area contributed by atoms with E-state index in [1.54, 1.807) is 0 Å². The highest BCUT2D eigenvalue weighted by atomic mass is 16.3. The van der Waals surface area contributed by atoms with Crippen molar-refractivity contribution in [3.8, 4) is 22.4 Å². The molecule has 140 valence electrons. The molecule has 0 aliphatic heterocycles. The van der Waals surface area contributed by atoms with Gasteiger partial charge in [-0.1, -0.05) is 68.4 Å². The number of rotatable bonds is 1. The summed E-state index contributed by atoms with van der Waals surface area (Å²) in [6, 6.07) is 23.5. The molecule has 0 spiro atoms. The van der Waals surface area contributed by atoms with Crippen LogP contribution < -0.4 is 0 Å². The molecule has 0 atom stereocenters. The molecule has 0 N–H and O–H groups in total. The Labute approximate surface area is 169 Å². The molecule has 0 radical (unpaired) electrons. The number of aryl methyl sites for hydroxylation is 1. The van der Waals surface area contributed by atoms with Gasteiger partial charge in [-0.05, 0) is 41.3 Å². The monoisotopic (exact) mass is 376 g/mol. The van der Waals surface area contributed by atoms with Crippen LogP contribution in [0.3, 0.4) is 0 Å². The highest BCUT2D eigenvalue weighted by Crippen LogP contribution is 2.49. The molecule has 0 amide bonds. The lowest BCUT2D eigenvalue weighted by Gasteiger charge is -2.22. The molecule has 0 unspecified atom stereocenters. The highest BCUT2D eigenvalue weighted by Gasteiger charge is 2.35. The number of hydrogen-bond acceptors (Lipinski definition) is 3. The van der Waals surface area contributed by atoms with Gasteiger partial charge in [0.05, 0.1) is 11.1 Å². The van der Waals surface area contributed by atoms with Crippen LogP contribution in [0.1, 0.15) is 30.8 Å². The fraction of sp³-hybridized carbons (Fsp3) is 0.154. The molecular formula is C26H20N2O. The molecule has 0 saturated carbocycles. The molecule has 5 aromatic rings. The number of hydrogen-bond donors (Lipinski definition) is 0. The van der Waals surface area contributed by atoms with Crippen molar-refractivity contribution >= 4 is 22.1 Å². The molecule has 3 aromatic carbocycles. The van der Waals surface area contributed by atoms with Crippen molar-refractivity contribution in [1.29, 1.82) is 0 Å². The van der Waals surface area contributed by atoms with E-state index in [0.29, 0.717) is 5.71 Å². The second-order valence-electron chi connectivity index (χ2n) is 8.33. The summed E-state index contributed by atoms with van der Waals surface area (Å²) >= 11 is 0. The summed E-state index contributed by atoms with van der Waals surface area (Å²) in [5.41, 5.74) is 8.86. The Kier molecular flexibility index (Phi) is 3.15. The molecule has 0 bridgehead atoms. The van der Waals surface area contributed by atoms with Gasteiger partial charge < -0.3 is 4.42 Å². The van der Waals surface area contributed by atoms with Gasteiger partial charge in [0.25, 0.3) is 0 Å². The summed E-state index contributed by atoms with van der Waals surface area (Å²) in [5, 5.41) is 2.04. The molecule has 1 aliphatic rings. The van der Waals surface area contributed by atoms with Gasteiger partial charge in [0.2, 0.25) is 5.71 Å². The number of fused-ring (bicyclic) bond motifs is 6. The Hall–Kier alpha value is -3.46. The van der Waals surface area contributed by atoms with Gasteiger partial charge in [0.15, 0.2) is 0 Å². The van der Waals surface area contributed by atoms with Crippen LogP contribution in [0.5, 0.6) is 0 Å². The molecule has 29 heavy (non-hydrogen) atoms. The maximum absolute atomic E-state index is 6.03. The molecule has 3 nitrogen and oxygen atoms in total. The maximum atomic E-state index is 6.03. The van der Waals surface area contributed by atoms with Gasteiger partial charge in [-0.25, -0.2) is 4.98 Å². The number of nitrogens with zero attached hydrogens (tertiary/aromatic N) is 2. The molecular weight excluding hydrogens is 356 g/mol. The number of furan rings is 1. The van der Waals surface area contributed by atoms with Crippen molar-refractivity contribution in [2.75, 3.05) is 0 Å². The van der Waals surface area contributed by atoms with Gasteiger partial charge >= 0.3 is 0 Å². The normalized spacial score (nSPS) is 14.3. The summed E-state index contributed by atoms with van der Waals surface area (Å²) < 4.78 is 6.03. The summed E-state index contributed by atoms with van der Waals surface area (Å²) in [5.74, 6) is 0.717. The van der Waals surface area contributed by atoms with E-state index in [1.165, 1.54) is 22.3 Å². The minimum absolute atomic E-state index is 0.0401. The average Bonchev–Trinajstić information content (AvgIpc) is 3.20. The number of aromatic nitrogens is 2. The second kappa shape index (κ2) is 5.54. The third kappa shape index (κ3) is 2.18. The van der Waals surface area contributed by atoms with Crippen LogP contribution in [-0.4, -0.2) is 9.97 Å². The quantitative estimate of drug-likeness (QED) is 0.328. The Morgan fingerprint density at radius 3 is 2.45 bits per heavy atom. The van der Waals surface area contributed by atoms with E-state index in [2.05, 4.69) is 67.4 Å². The lowest BCUT2D eigenvalue weighted by atomic mass is 9.82. The van der Waals surface area contributed by atoms with Crippen LogP contribution in [-0.2, 0) is 5.41 Å². The van der Waals surface area contributed by atoms with Crippen molar-refractivity contribution < 1.29 is 4.42 Å². The van der Waals surface area contributed by atoms with Crippen LogP contribution in [0.15, 0.2) is 71.1 Å². The van der Waals surface area contributed by atoms with E-state index in [0.717, 1.165) is 33.4 Å². The number of benzene rings is 3. The molecule has 2 heterocycles. The third-order valence-electron chi connectivity index (χ3n) is 6.21. The van der Waals surface area contributed by atoms with Gasteiger partial charge in [-0.15, -0.1) is 0 Å². The van der Waals surface area contributed by atoms with Crippen LogP contribution in [0.2, 0.25) is 0 Å². The van der Waals surface area contributed by atoms with Crippen molar-refractivity contribution in [2.45, 2.75) is 26.2 Å². The zero-order valence-electron chi connectivity index (χ0n) is 16.7. The summed E-state index contributed by atoms with van der Waals surface area (Å²) in [6.07, 6.45) is 0. The summed E-state index contributed by atoms with van der Waals surface area (Å²) in [7, 11) is 0. The smallest absolute Gasteiger partial charge is 0.231 e. The second-order valence-corrected chi connectivity index (χ2v) is 8.33. The van der Waals surface area contributed by atoms with E-state index in [4.69, 9.17) is 9.40 Å². The third-order valence-corrected chi connectivity index (χ3v) is 6.21. The Bertz CT molecular complexity index is 1440. The van der Waals surface area contributed by atoms with Crippen LogP contribution in [0.25, 0.3) is 44.5 Å². The van der Waals surface area contributed by atoms with E-state index in [-0.39, 0.29) is 5.41 Å². The minimum atomic E-state index is -0.0401. The van der Waals surface area contributed by atoms with Gasteiger partial charge in [-0.3, -0.25) is 0 Å². The van der Waals surface area contributed by atoms with Crippen molar-refractivity contribution in [2.24, 2.45) is 0 Å². The van der Waals surface area contributed by atoms with Crippen molar-refractivity contribution in [3.63, 3.8) is 0 Å². The Morgan fingerprint density at radius 1 is 0.793 bits per heavy atom. The fourth-order valence-electron chi connectivity index (χ4n) is 4.79. The first-order valence-corrected chi connectivity index (χ1v) is 9.95. The van der Waals surface area contributed by atoms with E-state index in [9.17, 15) is 0 Å². The topological polar surface area (TPSA) is 38.9 Å². The highest BCUT2D eigenvalue weighted by molar-refractivity contribution is 6.10. The maximum Gasteiger partial charge on any atom is 0.231 e. The first-order valence-electron chi connectivity index (χ1n) is 9.95. The van der Waals surface area contributed by atoms with Crippen LogP contribution >= 0.6 is 0 Å². The predicted molar refractivity (Wildman–Crippen MR) is 117 cm³/mol. The minimum Gasteiger partial charge on any atom is -0.438 e.